The number of nitrogens with zero attached hydrogens (tertiary/aromatic N) is 1. The Morgan fingerprint density at radius 2 is 2.26 bits per heavy atom. The maximum atomic E-state index is 9.13. The summed E-state index contributed by atoms with van der Waals surface area (Å²) in [6, 6.07) is 0. The molecule has 0 bridgehead atoms. The first-order chi connectivity index (χ1) is 9.22. The maximum Gasteiger partial charge on any atom is 0.188 e. The normalized spacial score (nSPS) is 23.8. The average Bonchev–Trinajstić information content (AvgIpc) is 2.86. The molecule has 1 fully saturated rings. The van der Waals surface area contributed by atoms with Crippen LogP contribution < -0.4 is 11.1 Å². The molecule has 1 heterocycles. The van der Waals surface area contributed by atoms with Gasteiger partial charge >= 0.3 is 0 Å². The van der Waals surface area contributed by atoms with Crippen LogP contribution in [0.1, 0.15) is 45.4 Å². The smallest absolute Gasteiger partial charge is 0.188 e. The first-order valence-electron chi connectivity index (χ1n) is 7.45. The molecule has 1 atom stereocenters. The van der Waals surface area contributed by atoms with Crippen LogP contribution in [0.4, 0.5) is 0 Å². The molecule has 5 nitrogen and oxygen atoms in total. The third kappa shape index (κ3) is 6.25. The van der Waals surface area contributed by atoms with Crippen LogP contribution >= 0.6 is 0 Å². The van der Waals surface area contributed by atoms with Gasteiger partial charge in [0.05, 0.1) is 13.2 Å². The zero-order valence-electron chi connectivity index (χ0n) is 12.2. The van der Waals surface area contributed by atoms with Gasteiger partial charge in [0.15, 0.2) is 5.96 Å². The number of aliphatic hydroxyl groups excluding tert-OH is 1. The molecule has 0 amide bonds. The van der Waals surface area contributed by atoms with Gasteiger partial charge in [0.25, 0.3) is 0 Å². The fraction of sp³-hybridized carbons (Fsp3) is 0.929. The van der Waals surface area contributed by atoms with Crippen LogP contribution in [0.25, 0.3) is 0 Å². The van der Waals surface area contributed by atoms with Crippen molar-refractivity contribution < 1.29 is 9.84 Å². The van der Waals surface area contributed by atoms with E-state index in [0.29, 0.717) is 19.1 Å². The van der Waals surface area contributed by atoms with Gasteiger partial charge in [-0.3, -0.25) is 4.99 Å². The SMILES string of the molecule is CCCCCCNC(N)=NCC1(CCO)CCOC1. The summed E-state index contributed by atoms with van der Waals surface area (Å²) in [6.45, 7) is 5.36. The average molecular weight is 271 g/mol. The summed E-state index contributed by atoms with van der Waals surface area (Å²) in [7, 11) is 0. The van der Waals surface area contributed by atoms with Crippen LogP contribution in [0, 0.1) is 5.41 Å². The predicted octanol–water partition coefficient (Wildman–Crippen LogP) is 1.26. The Balaban J connectivity index is 2.25. The standard InChI is InChI=1S/C14H29N3O2/c1-2-3-4-5-8-16-13(15)17-11-14(6-9-18)7-10-19-12-14/h18H,2-12H2,1H3,(H3,15,16,17). The van der Waals surface area contributed by atoms with Crippen molar-refractivity contribution >= 4 is 5.96 Å². The second-order valence-electron chi connectivity index (χ2n) is 5.47. The van der Waals surface area contributed by atoms with Gasteiger partial charge in [0.1, 0.15) is 0 Å². The molecule has 0 aromatic carbocycles. The van der Waals surface area contributed by atoms with Crippen molar-refractivity contribution in [3.8, 4) is 0 Å². The highest BCUT2D eigenvalue weighted by atomic mass is 16.5. The van der Waals surface area contributed by atoms with Crippen molar-refractivity contribution in [2.24, 2.45) is 16.1 Å². The molecule has 1 aliphatic rings. The van der Waals surface area contributed by atoms with Gasteiger partial charge in [-0.15, -0.1) is 0 Å². The van der Waals surface area contributed by atoms with E-state index in [0.717, 1.165) is 32.4 Å². The molecule has 1 unspecified atom stereocenters. The van der Waals surface area contributed by atoms with E-state index in [1.807, 2.05) is 0 Å². The summed E-state index contributed by atoms with van der Waals surface area (Å²) >= 11 is 0. The molecule has 0 aromatic rings. The molecule has 0 saturated carbocycles. The molecule has 0 spiro atoms. The molecule has 1 rings (SSSR count). The molecule has 1 saturated heterocycles. The third-order valence-corrected chi connectivity index (χ3v) is 3.75. The van der Waals surface area contributed by atoms with Gasteiger partial charge in [-0.2, -0.15) is 0 Å². The molecule has 5 heteroatoms. The number of rotatable bonds is 9. The lowest BCUT2D eigenvalue weighted by Gasteiger charge is -2.24. The lowest BCUT2D eigenvalue weighted by atomic mass is 9.84. The monoisotopic (exact) mass is 271 g/mol. The predicted molar refractivity (Wildman–Crippen MR) is 78.2 cm³/mol. The topological polar surface area (TPSA) is 79.9 Å². The minimum absolute atomic E-state index is 0.0107. The Morgan fingerprint density at radius 1 is 1.42 bits per heavy atom. The van der Waals surface area contributed by atoms with Crippen LogP contribution in [-0.2, 0) is 4.74 Å². The van der Waals surface area contributed by atoms with Crippen molar-refractivity contribution in [1.29, 1.82) is 0 Å². The van der Waals surface area contributed by atoms with Crippen molar-refractivity contribution in [3.05, 3.63) is 0 Å². The summed E-state index contributed by atoms with van der Waals surface area (Å²) in [5.74, 6) is 0.515. The molecule has 112 valence electrons. The molecule has 19 heavy (non-hydrogen) atoms. The second-order valence-corrected chi connectivity index (χ2v) is 5.47. The Morgan fingerprint density at radius 3 is 2.89 bits per heavy atom. The minimum Gasteiger partial charge on any atom is -0.396 e. The Bertz CT molecular complexity index is 263. The minimum atomic E-state index is -0.0107. The number of ether oxygens (including phenoxy) is 1. The highest BCUT2D eigenvalue weighted by Gasteiger charge is 2.34. The van der Waals surface area contributed by atoms with E-state index in [1.165, 1.54) is 19.3 Å². The van der Waals surface area contributed by atoms with Crippen LogP contribution in [0.15, 0.2) is 4.99 Å². The number of unbranched alkanes of at least 4 members (excludes halogenated alkanes) is 3. The maximum absolute atomic E-state index is 9.13. The van der Waals surface area contributed by atoms with Crippen LogP contribution in [0.2, 0.25) is 0 Å². The molecule has 1 aliphatic heterocycles. The van der Waals surface area contributed by atoms with Gasteiger partial charge < -0.3 is 20.9 Å². The quantitative estimate of drug-likeness (QED) is 0.335. The van der Waals surface area contributed by atoms with E-state index in [1.54, 1.807) is 0 Å². The first-order valence-corrected chi connectivity index (χ1v) is 7.45. The largest absolute Gasteiger partial charge is 0.396 e. The van der Waals surface area contributed by atoms with Crippen molar-refractivity contribution in [3.63, 3.8) is 0 Å². The number of hydrogen-bond donors (Lipinski definition) is 3. The lowest BCUT2D eigenvalue weighted by Crippen LogP contribution is -2.35. The number of aliphatic hydroxyl groups is 1. The summed E-state index contributed by atoms with van der Waals surface area (Å²) < 4.78 is 5.43. The number of nitrogens with one attached hydrogen (secondary N) is 1. The van der Waals surface area contributed by atoms with E-state index < -0.39 is 0 Å². The number of guanidine groups is 1. The fourth-order valence-corrected chi connectivity index (χ4v) is 2.36. The fourth-order valence-electron chi connectivity index (χ4n) is 2.36. The number of hydrogen-bond acceptors (Lipinski definition) is 3. The van der Waals surface area contributed by atoms with Gasteiger partial charge in [-0.25, -0.2) is 0 Å². The molecule has 0 aromatic heterocycles. The molecule has 0 radical (unpaired) electrons. The molecule has 4 N–H and O–H groups in total. The highest BCUT2D eigenvalue weighted by Crippen LogP contribution is 2.32. The zero-order chi connectivity index (χ0) is 14.0. The molecular weight excluding hydrogens is 242 g/mol. The Labute approximate surface area is 116 Å². The van der Waals surface area contributed by atoms with Crippen molar-refractivity contribution in [2.45, 2.75) is 45.4 Å². The summed E-state index contributed by atoms with van der Waals surface area (Å²) in [5, 5.41) is 12.3. The first kappa shape index (κ1) is 16.2. The van der Waals surface area contributed by atoms with Gasteiger partial charge in [0, 0.05) is 25.2 Å². The summed E-state index contributed by atoms with van der Waals surface area (Å²) in [4.78, 5) is 4.41. The summed E-state index contributed by atoms with van der Waals surface area (Å²) in [6.07, 6.45) is 6.58. The molecule has 0 aliphatic carbocycles. The Kier molecular flexibility index (Phi) is 7.82. The number of nitrogens with two attached hydrogens (primary N) is 1. The van der Waals surface area contributed by atoms with Crippen LogP contribution in [0.3, 0.4) is 0 Å². The second kappa shape index (κ2) is 9.15. The Hall–Kier alpha value is -0.810. The highest BCUT2D eigenvalue weighted by molar-refractivity contribution is 5.77. The third-order valence-electron chi connectivity index (χ3n) is 3.75. The van der Waals surface area contributed by atoms with Gasteiger partial charge in [-0.05, 0) is 19.3 Å². The van der Waals surface area contributed by atoms with Crippen LogP contribution in [-0.4, -0.2) is 44.0 Å². The van der Waals surface area contributed by atoms with Gasteiger partial charge in [-0.1, -0.05) is 26.2 Å². The van der Waals surface area contributed by atoms with Crippen LogP contribution in [0.5, 0.6) is 0 Å². The van der Waals surface area contributed by atoms with Crippen molar-refractivity contribution in [1.82, 2.24) is 5.32 Å². The summed E-state index contributed by atoms with van der Waals surface area (Å²) in [5.41, 5.74) is 5.85. The van der Waals surface area contributed by atoms with E-state index in [2.05, 4.69) is 17.2 Å². The van der Waals surface area contributed by atoms with E-state index >= 15 is 0 Å². The lowest BCUT2D eigenvalue weighted by molar-refractivity contribution is 0.131. The van der Waals surface area contributed by atoms with E-state index in [-0.39, 0.29) is 12.0 Å². The van der Waals surface area contributed by atoms with E-state index in [4.69, 9.17) is 15.6 Å². The van der Waals surface area contributed by atoms with E-state index in [9.17, 15) is 0 Å². The van der Waals surface area contributed by atoms with Crippen molar-refractivity contribution in [2.75, 3.05) is 32.9 Å². The van der Waals surface area contributed by atoms with Gasteiger partial charge in [0.2, 0.25) is 0 Å². The zero-order valence-corrected chi connectivity index (χ0v) is 12.2. The number of aliphatic imine (C=N–C) groups is 1. The molecular formula is C14H29N3O2.